The van der Waals surface area contributed by atoms with E-state index in [-0.39, 0.29) is 6.67 Å². The molecule has 0 nitrogen and oxygen atoms in total. The second-order valence-electron chi connectivity index (χ2n) is 3.46. The molecule has 1 saturated carbocycles. The van der Waals surface area contributed by atoms with Crippen molar-refractivity contribution in [1.29, 1.82) is 0 Å². The summed E-state index contributed by atoms with van der Waals surface area (Å²) in [5, 5.41) is 0. The summed E-state index contributed by atoms with van der Waals surface area (Å²) in [4.78, 5) is 0. The van der Waals surface area contributed by atoms with Gasteiger partial charge < -0.3 is 0 Å². The minimum atomic E-state index is -0.127. The third-order valence-electron chi connectivity index (χ3n) is 2.71. The fourth-order valence-electron chi connectivity index (χ4n) is 1.46. The lowest BCUT2D eigenvalue weighted by Gasteiger charge is -2.16. The van der Waals surface area contributed by atoms with Crippen LogP contribution in [0.5, 0.6) is 0 Å². The molecule has 1 fully saturated rings. The molecule has 1 heteroatoms. The summed E-state index contributed by atoms with van der Waals surface area (Å²) in [5.41, 5.74) is 0.425. The number of halogens is 1. The van der Waals surface area contributed by atoms with Crippen LogP contribution in [0.3, 0.4) is 0 Å². The molecule has 0 aliphatic heterocycles. The molecule has 54 valence electrons. The summed E-state index contributed by atoms with van der Waals surface area (Å²) in [6.07, 6.45) is 3.31. The minimum absolute atomic E-state index is 0.127. The lowest BCUT2D eigenvalue weighted by atomic mass is 9.90. The van der Waals surface area contributed by atoms with Gasteiger partial charge in [-0.05, 0) is 30.6 Å². The maximum absolute atomic E-state index is 11.9. The lowest BCUT2D eigenvalue weighted by molar-refractivity contribution is 0.292. The first kappa shape index (κ1) is 7.04. The summed E-state index contributed by atoms with van der Waals surface area (Å²) in [5.74, 6) is 0.688. The SMILES string of the molecule is CC(C)C1(CCF)CC1. The third-order valence-corrected chi connectivity index (χ3v) is 2.71. The number of hydrogen-bond acceptors (Lipinski definition) is 0. The molecule has 0 radical (unpaired) electrons. The van der Waals surface area contributed by atoms with E-state index >= 15 is 0 Å². The molecule has 1 aliphatic rings. The Morgan fingerprint density at radius 2 is 2.00 bits per heavy atom. The summed E-state index contributed by atoms with van der Waals surface area (Å²) < 4.78 is 11.9. The van der Waals surface area contributed by atoms with Gasteiger partial charge in [0.1, 0.15) is 0 Å². The van der Waals surface area contributed by atoms with E-state index < -0.39 is 0 Å². The zero-order valence-corrected chi connectivity index (χ0v) is 6.28. The van der Waals surface area contributed by atoms with Crippen LogP contribution in [0.15, 0.2) is 0 Å². The fourth-order valence-corrected chi connectivity index (χ4v) is 1.46. The highest BCUT2D eigenvalue weighted by molar-refractivity contribution is 4.94. The van der Waals surface area contributed by atoms with Crippen molar-refractivity contribution < 1.29 is 4.39 Å². The maximum atomic E-state index is 11.9. The summed E-state index contributed by atoms with van der Waals surface area (Å²) in [7, 11) is 0. The Bertz CT molecular complexity index is 92.7. The molecule has 0 unspecified atom stereocenters. The van der Waals surface area contributed by atoms with Crippen LogP contribution in [-0.4, -0.2) is 6.67 Å². The molecule has 0 aromatic carbocycles. The normalized spacial score (nSPS) is 22.7. The molecule has 0 bridgehead atoms. The van der Waals surface area contributed by atoms with Crippen molar-refractivity contribution in [3.05, 3.63) is 0 Å². The molecule has 0 spiro atoms. The summed E-state index contributed by atoms with van der Waals surface area (Å²) in [6, 6.07) is 0. The van der Waals surface area contributed by atoms with Crippen LogP contribution in [0.25, 0.3) is 0 Å². The average Bonchev–Trinajstić information content (AvgIpc) is 2.49. The van der Waals surface area contributed by atoms with Crippen LogP contribution in [0.1, 0.15) is 33.1 Å². The van der Waals surface area contributed by atoms with Crippen LogP contribution < -0.4 is 0 Å². The Kier molecular flexibility index (Phi) is 1.78. The van der Waals surface area contributed by atoms with Crippen LogP contribution in [0.4, 0.5) is 4.39 Å². The van der Waals surface area contributed by atoms with Gasteiger partial charge in [-0.1, -0.05) is 13.8 Å². The molecule has 0 aromatic heterocycles. The quantitative estimate of drug-likeness (QED) is 0.551. The van der Waals surface area contributed by atoms with Crippen molar-refractivity contribution in [2.45, 2.75) is 33.1 Å². The van der Waals surface area contributed by atoms with E-state index in [9.17, 15) is 4.39 Å². The third kappa shape index (κ3) is 1.25. The highest BCUT2D eigenvalue weighted by atomic mass is 19.1. The van der Waals surface area contributed by atoms with Gasteiger partial charge in [-0.15, -0.1) is 0 Å². The monoisotopic (exact) mass is 130 g/mol. The van der Waals surface area contributed by atoms with Crippen molar-refractivity contribution >= 4 is 0 Å². The lowest BCUT2D eigenvalue weighted by Crippen LogP contribution is -2.09. The molecule has 9 heavy (non-hydrogen) atoms. The number of hydrogen-bond donors (Lipinski definition) is 0. The molecule has 0 N–H and O–H groups in total. The summed E-state index contributed by atoms with van der Waals surface area (Å²) >= 11 is 0. The second-order valence-corrected chi connectivity index (χ2v) is 3.46. The average molecular weight is 130 g/mol. The van der Waals surface area contributed by atoms with Gasteiger partial charge in [0.25, 0.3) is 0 Å². The molecule has 0 saturated heterocycles. The molecule has 0 atom stereocenters. The fraction of sp³-hybridized carbons (Fsp3) is 1.00. The van der Waals surface area contributed by atoms with Crippen molar-refractivity contribution in [2.75, 3.05) is 6.67 Å². The number of alkyl halides is 1. The highest BCUT2D eigenvalue weighted by Crippen LogP contribution is 2.54. The van der Waals surface area contributed by atoms with Gasteiger partial charge in [0, 0.05) is 0 Å². The largest absolute Gasteiger partial charge is 0.251 e. The first-order chi connectivity index (χ1) is 4.21. The maximum Gasteiger partial charge on any atom is 0.0899 e. The van der Waals surface area contributed by atoms with Crippen LogP contribution in [0, 0.1) is 11.3 Å². The van der Waals surface area contributed by atoms with E-state index in [0.29, 0.717) is 11.3 Å². The Labute approximate surface area is 56.5 Å². The number of rotatable bonds is 3. The summed E-state index contributed by atoms with van der Waals surface area (Å²) in [6.45, 7) is 4.27. The van der Waals surface area contributed by atoms with Gasteiger partial charge in [0.05, 0.1) is 6.67 Å². The van der Waals surface area contributed by atoms with Crippen LogP contribution >= 0.6 is 0 Å². The van der Waals surface area contributed by atoms with Gasteiger partial charge in [0.15, 0.2) is 0 Å². The standard InChI is InChI=1S/C8H15F/c1-7(2)8(3-4-8)5-6-9/h7H,3-6H2,1-2H3. The van der Waals surface area contributed by atoms with Gasteiger partial charge in [0.2, 0.25) is 0 Å². The Morgan fingerprint density at radius 1 is 1.44 bits per heavy atom. The predicted molar refractivity (Wildman–Crippen MR) is 37.1 cm³/mol. The van der Waals surface area contributed by atoms with Gasteiger partial charge >= 0.3 is 0 Å². The molecule has 1 aliphatic carbocycles. The van der Waals surface area contributed by atoms with Gasteiger partial charge in [-0.2, -0.15) is 0 Å². The Hall–Kier alpha value is -0.0700. The second kappa shape index (κ2) is 2.28. The minimum Gasteiger partial charge on any atom is -0.251 e. The zero-order valence-electron chi connectivity index (χ0n) is 6.28. The molecular formula is C8H15F. The van der Waals surface area contributed by atoms with E-state index in [1.54, 1.807) is 0 Å². The van der Waals surface area contributed by atoms with Crippen LogP contribution in [0.2, 0.25) is 0 Å². The predicted octanol–water partition coefficient (Wildman–Crippen LogP) is 2.78. The van der Waals surface area contributed by atoms with E-state index in [0.717, 1.165) is 6.42 Å². The highest BCUT2D eigenvalue weighted by Gasteiger charge is 2.44. The van der Waals surface area contributed by atoms with Crippen molar-refractivity contribution in [3.8, 4) is 0 Å². The molecule has 0 aromatic rings. The van der Waals surface area contributed by atoms with Crippen LogP contribution in [-0.2, 0) is 0 Å². The van der Waals surface area contributed by atoms with E-state index in [4.69, 9.17) is 0 Å². The first-order valence-corrected chi connectivity index (χ1v) is 3.77. The molecule has 1 rings (SSSR count). The first-order valence-electron chi connectivity index (χ1n) is 3.77. The van der Waals surface area contributed by atoms with Gasteiger partial charge in [-0.25, -0.2) is 0 Å². The van der Waals surface area contributed by atoms with Crippen molar-refractivity contribution in [2.24, 2.45) is 11.3 Å². The van der Waals surface area contributed by atoms with Crippen molar-refractivity contribution in [3.63, 3.8) is 0 Å². The molecule has 0 heterocycles. The zero-order chi connectivity index (χ0) is 6.91. The smallest absolute Gasteiger partial charge is 0.0899 e. The van der Waals surface area contributed by atoms with E-state index in [1.807, 2.05) is 0 Å². The Morgan fingerprint density at radius 3 is 2.11 bits per heavy atom. The Balaban J connectivity index is 2.33. The van der Waals surface area contributed by atoms with Gasteiger partial charge in [-0.3, -0.25) is 4.39 Å². The molecular weight excluding hydrogens is 115 g/mol. The van der Waals surface area contributed by atoms with E-state index in [1.165, 1.54) is 12.8 Å². The topological polar surface area (TPSA) is 0 Å². The molecule has 0 amide bonds. The van der Waals surface area contributed by atoms with E-state index in [2.05, 4.69) is 13.8 Å². The van der Waals surface area contributed by atoms with Crippen molar-refractivity contribution in [1.82, 2.24) is 0 Å².